The summed E-state index contributed by atoms with van der Waals surface area (Å²) in [5.74, 6) is 0.882. The zero-order valence-electron chi connectivity index (χ0n) is 18.0. The summed E-state index contributed by atoms with van der Waals surface area (Å²) < 4.78 is 10.6. The number of ether oxygens (including phenoxy) is 2. The Labute approximate surface area is 186 Å². The average molecular weight is 442 g/mol. The lowest BCUT2D eigenvalue weighted by Gasteiger charge is -2.36. The number of methoxy groups -OCH3 is 2. The molecule has 1 aromatic rings. The summed E-state index contributed by atoms with van der Waals surface area (Å²) in [6.07, 6.45) is 3.20. The van der Waals surface area contributed by atoms with E-state index in [2.05, 4.69) is 5.32 Å². The van der Waals surface area contributed by atoms with Crippen LogP contribution in [-0.2, 0) is 14.3 Å². The largest absolute Gasteiger partial charge is 0.497 e. The third kappa shape index (κ3) is 4.49. The third-order valence-corrected chi connectivity index (χ3v) is 6.55. The van der Waals surface area contributed by atoms with Crippen molar-refractivity contribution in [3.8, 4) is 5.75 Å². The highest BCUT2D eigenvalue weighted by atomic mass is 32.2. The number of carbonyl (C=O) groups excluding carboxylic acids is 2. The zero-order valence-corrected chi connectivity index (χ0v) is 18.8. The predicted molar refractivity (Wildman–Crippen MR) is 120 cm³/mol. The first kappa shape index (κ1) is 21.5. The van der Waals surface area contributed by atoms with Crippen LogP contribution in [0.25, 0.3) is 0 Å². The SMILES string of the molecule is CCC1=C(C(=O)OC)[C@@H](c2cccc(OC)c2)N2C(CC(=O)NCC3CC3)=CSC2=N1. The molecule has 0 spiro atoms. The number of esters is 1. The second-order valence-corrected chi connectivity index (χ2v) is 8.64. The number of nitrogens with zero attached hydrogens (tertiary/aromatic N) is 2. The molecule has 1 N–H and O–H groups in total. The van der Waals surface area contributed by atoms with Crippen molar-refractivity contribution < 1.29 is 19.1 Å². The molecular formula is C23H27N3O4S. The monoisotopic (exact) mass is 441 g/mol. The number of rotatable bonds is 8. The number of amidine groups is 1. The molecule has 1 aromatic carbocycles. The normalized spacial score (nSPS) is 20.1. The predicted octanol–water partition coefficient (Wildman–Crippen LogP) is 3.75. The van der Waals surface area contributed by atoms with Crippen LogP contribution in [0, 0.1) is 5.92 Å². The first-order valence-corrected chi connectivity index (χ1v) is 11.4. The number of fused-ring (bicyclic) bond motifs is 1. The van der Waals surface area contributed by atoms with E-state index in [1.165, 1.54) is 31.7 Å². The number of amides is 1. The van der Waals surface area contributed by atoms with E-state index in [1.54, 1.807) is 7.11 Å². The fraction of sp³-hybridized carbons (Fsp3) is 0.435. The standard InChI is InChI=1S/C23H27N3O4S/c1-4-18-20(22(28)30-3)21(15-6-5-7-17(10-15)29-2)26-16(13-31-23(26)25-18)11-19(27)24-12-14-8-9-14/h5-7,10,13-14,21H,4,8-9,11-12H2,1-3H3,(H,24,27)/t21-/m1/s1. The van der Waals surface area contributed by atoms with Crippen LogP contribution in [0.15, 0.2) is 51.6 Å². The van der Waals surface area contributed by atoms with Gasteiger partial charge in [-0.15, -0.1) is 0 Å². The van der Waals surface area contributed by atoms with Gasteiger partial charge in [-0.25, -0.2) is 9.79 Å². The minimum atomic E-state index is -0.442. The number of nitrogens with one attached hydrogen (secondary N) is 1. The fourth-order valence-electron chi connectivity index (χ4n) is 3.85. The lowest BCUT2D eigenvalue weighted by Crippen LogP contribution is -2.38. The van der Waals surface area contributed by atoms with Gasteiger partial charge < -0.3 is 19.7 Å². The number of hydrogen-bond donors (Lipinski definition) is 1. The second-order valence-electron chi connectivity index (χ2n) is 7.80. The summed E-state index contributed by atoms with van der Waals surface area (Å²) in [5, 5.41) is 5.75. The summed E-state index contributed by atoms with van der Waals surface area (Å²) in [5.41, 5.74) is 2.89. The van der Waals surface area contributed by atoms with Gasteiger partial charge >= 0.3 is 5.97 Å². The van der Waals surface area contributed by atoms with Crippen LogP contribution in [0.4, 0.5) is 0 Å². The molecule has 2 aliphatic heterocycles. The smallest absolute Gasteiger partial charge is 0.338 e. The molecule has 0 aromatic heterocycles. The van der Waals surface area contributed by atoms with Crippen molar-refractivity contribution in [1.29, 1.82) is 0 Å². The van der Waals surface area contributed by atoms with E-state index in [9.17, 15) is 9.59 Å². The van der Waals surface area contributed by atoms with Crippen LogP contribution < -0.4 is 10.1 Å². The molecule has 3 aliphatic rings. The number of benzene rings is 1. The summed E-state index contributed by atoms with van der Waals surface area (Å²) >= 11 is 1.48. The molecule has 0 radical (unpaired) electrons. The Kier molecular flexibility index (Phi) is 6.36. The van der Waals surface area contributed by atoms with Gasteiger partial charge in [0.15, 0.2) is 5.17 Å². The lowest BCUT2D eigenvalue weighted by atomic mass is 9.92. The van der Waals surface area contributed by atoms with Crippen LogP contribution in [0.5, 0.6) is 5.75 Å². The van der Waals surface area contributed by atoms with Crippen LogP contribution in [0.3, 0.4) is 0 Å². The molecular weight excluding hydrogens is 414 g/mol. The minimum absolute atomic E-state index is 0.0192. The molecule has 2 heterocycles. The number of allylic oxidation sites excluding steroid dienone is 1. The van der Waals surface area contributed by atoms with E-state index >= 15 is 0 Å². The number of hydrogen-bond acceptors (Lipinski definition) is 7. The van der Waals surface area contributed by atoms with Gasteiger partial charge in [0.2, 0.25) is 5.91 Å². The number of thioether (sulfide) groups is 1. The molecule has 4 rings (SSSR count). The number of aliphatic imine (C=N–C) groups is 1. The van der Waals surface area contributed by atoms with Gasteiger partial charge in [-0.1, -0.05) is 30.8 Å². The van der Waals surface area contributed by atoms with Gasteiger partial charge in [0.05, 0.1) is 38.0 Å². The first-order valence-electron chi connectivity index (χ1n) is 10.5. The molecule has 1 fully saturated rings. The molecule has 8 heteroatoms. The molecule has 164 valence electrons. The molecule has 1 atom stereocenters. The highest BCUT2D eigenvalue weighted by Gasteiger charge is 2.41. The molecule has 7 nitrogen and oxygen atoms in total. The van der Waals surface area contributed by atoms with Gasteiger partial charge in [0, 0.05) is 12.2 Å². The zero-order chi connectivity index (χ0) is 22.0. The Morgan fingerprint density at radius 2 is 2.10 bits per heavy atom. The van der Waals surface area contributed by atoms with Crippen molar-refractivity contribution in [1.82, 2.24) is 10.2 Å². The van der Waals surface area contributed by atoms with Crippen molar-refractivity contribution in [2.75, 3.05) is 20.8 Å². The van der Waals surface area contributed by atoms with Crippen LogP contribution >= 0.6 is 11.8 Å². The van der Waals surface area contributed by atoms with Crippen molar-refractivity contribution >= 4 is 28.8 Å². The number of carbonyl (C=O) groups is 2. The molecule has 0 unspecified atom stereocenters. The van der Waals surface area contributed by atoms with E-state index in [-0.39, 0.29) is 12.3 Å². The van der Waals surface area contributed by atoms with Crippen molar-refractivity contribution in [3.63, 3.8) is 0 Å². The maximum Gasteiger partial charge on any atom is 0.338 e. The lowest BCUT2D eigenvalue weighted by molar-refractivity contribution is -0.136. The molecule has 0 bridgehead atoms. The molecule has 0 saturated heterocycles. The molecule has 1 amide bonds. The van der Waals surface area contributed by atoms with Crippen LogP contribution in [0.1, 0.15) is 44.2 Å². The quantitative estimate of drug-likeness (QED) is 0.619. The van der Waals surface area contributed by atoms with Crippen LogP contribution in [-0.4, -0.2) is 42.7 Å². The van der Waals surface area contributed by atoms with Gasteiger partial charge in [-0.3, -0.25) is 4.79 Å². The summed E-state index contributed by atoms with van der Waals surface area (Å²) in [6.45, 7) is 2.70. The topological polar surface area (TPSA) is 80.2 Å². The fourth-order valence-corrected chi connectivity index (χ4v) is 4.78. The van der Waals surface area contributed by atoms with E-state index in [0.29, 0.717) is 29.4 Å². The third-order valence-electron chi connectivity index (χ3n) is 5.67. The first-order chi connectivity index (χ1) is 15.0. The van der Waals surface area contributed by atoms with Gasteiger partial charge in [0.1, 0.15) is 5.75 Å². The highest BCUT2D eigenvalue weighted by Crippen LogP contribution is 2.45. The molecule has 1 saturated carbocycles. The molecule has 1 aliphatic carbocycles. The Hall–Kier alpha value is -2.74. The van der Waals surface area contributed by atoms with E-state index in [4.69, 9.17) is 14.5 Å². The van der Waals surface area contributed by atoms with Gasteiger partial charge in [-0.2, -0.15) is 0 Å². The Bertz CT molecular complexity index is 981. The van der Waals surface area contributed by atoms with E-state index in [0.717, 1.165) is 23.0 Å². The Morgan fingerprint density at radius 3 is 2.77 bits per heavy atom. The van der Waals surface area contributed by atoms with Crippen molar-refractivity contribution in [3.05, 3.63) is 52.2 Å². The second kappa shape index (κ2) is 9.18. The van der Waals surface area contributed by atoms with Gasteiger partial charge in [0.25, 0.3) is 0 Å². The molecule has 31 heavy (non-hydrogen) atoms. The minimum Gasteiger partial charge on any atom is -0.497 e. The highest BCUT2D eigenvalue weighted by molar-refractivity contribution is 8.16. The van der Waals surface area contributed by atoms with E-state index in [1.807, 2.05) is 41.5 Å². The average Bonchev–Trinajstić information content (AvgIpc) is 3.56. The summed E-state index contributed by atoms with van der Waals surface area (Å²) in [4.78, 5) is 32.2. The van der Waals surface area contributed by atoms with Gasteiger partial charge in [-0.05, 0) is 48.3 Å². The Balaban J connectivity index is 1.70. The maximum atomic E-state index is 12.9. The Morgan fingerprint density at radius 1 is 1.29 bits per heavy atom. The van der Waals surface area contributed by atoms with Crippen molar-refractivity contribution in [2.45, 2.75) is 38.6 Å². The van der Waals surface area contributed by atoms with Crippen molar-refractivity contribution in [2.24, 2.45) is 10.9 Å². The maximum absolute atomic E-state index is 12.9. The van der Waals surface area contributed by atoms with E-state index < -0.39 is 12.0 Å². The summed E-state index contributed by atoms with van der Waals surface area (Å²) in [7, 11) is 2.99. The summed E-state index contributed by atoms with van der Waals surface area (Å²) in [6, 6.07) is 7.19. The van der Waals surface area contributed by atoms with Crippen LogP contribution in [0.2, 0.25) is 0 Å².